The quantitative estimate of drug-likeness (QED) is 0.777. The molecule has 0 amide bonds. The summed E-state index contributed by atoms with van der Waals surface area (Å²) in [6, 6.07) is 5.30. The van der Waals surface area contributed by atoms with Crippen molar-refractivity contribution in [1.82, 2.24) is 0 Å². The van der Waals surface area contributed by atoms with Gasteiger partial charge in [-0.15, -0.1) is 0 Å². The summed E-state index contributed by atoms with van der Waals surface area (Å²) in [4.78, 5) is 24.8. The highest BCUT2D eigenvalue weighted by Crippen LogP contribution is 2.31. The summed E-state index contributed by atoms with van der Waals surface area (Å²) in [5.74, 6) is -0.286. The van der Waals surface area contributed by atoms with E-state index < -0.39 is 0 Å². The first-order valence-electron chi connectivity index (χ1n) is 7.12. The predicted octanol–water partition coefficient (Wildman–Crippen LogP) is 4.85. The van der Waals surface area contributed by atoms with Crippen LogP contribution < -0.4 is 0 Å². The van der Waals surface area contributed by atoms with Gasteiger partial charge in [0, 0.05) is 22.3 Å². The minimum absolute atomic E-state index is 0.143. The first-order chi connectivity index (χ1) is 9.90. The summed E-state index contributed by atoms with van der Waals surface area (Å²) in [6.07, 6.45) is 2.69. The molecular weight excluding hydrogens is 260 g/mol. The lowest BCUT2D eigenvalue weighted by atomic mass is 9.80. The predicted molar refractivity (Wildman–Crippen MR) is 87.8 cm³/mol. The highest BCUT2D eigenvalue weighted by Gasteiger charge is 2.31. The summed E-state index contributed by atoms with van der Waals surface area (Å²) >= 11 is 0. The van der Waals surface area contributed by atoms with E-state index in [2.05, 4.69) is 27.0 Å². The molecule has 2 heteroatoms. The molecule has 21 heavy (non-hydrogen) atoms. The molecule has 0 aromatic heterocycles. The van der Waals surface area contributed by atoms with Crippen molar-refractivity contribution in [2.75, 3.05) is 0 Å². The minimum Gasteiger partial charge on any atom is -0.289 e. The van der Waals surface area contributed by atoms with Gasteiger partial charge in [-0.2, -0.15) is 0 Å². The van der Waals surface area contributed by atoms with E-state index in [1.165, 1.54) is 12.5 Å². The van der Waals surface area contributed by atoms with E-state index in [9.17, 15) is 9.59 Å². The van der Waals surface area contributed by atoms with E-state index >= 15 is 0 Å². The Hall–Kier alpha value is -2.22. The van der Waals surface area contributed by atoms with Crippen molar-refractivity contribution in [1.29, 1.82) is 0 Å². The average Bonchev–Trinajstić information content (AvgIpc) is 2.42. The van der Waals surface area contributed by atoms with E-state index in [4.69, 9.17) is 0 Å². The zero-order valence-electron chi connectivity index (χ0n) is 13.2. The topological polar surface area (TPSA) is 34.1 Å². The van der Waals surface area contributed by atoms with Crippen molar-refractivity contribution in [3.8, 4) is 0 Å². The number of benzene rings is 1. The number of carbonyl (C=O) groups excluding carboxylic acids is 2. The van der Waals surface area contributed by atoms with Gasteiger partial charge in [0.1, 0.15) is 0 Å². The van der Waals surface area contributed by atoms with Crippen molar-refractivity contribution in [3.63, 3.8) is 0 Å². The monoisotopic (exact) mass is 282 g/mol. The molecule has 0 unspecified atom stereocenters. The number of allylic oxidation sites excluding steroid dienone is 4. The Morgan fingerprint density at radius 2 is 1.76 bits per heavy atom. The highest BCUT2D eigenvalue weighted by molar-refractivity contribution is 6.29. The summed E-state index contributed by atoms with van der Waals surface area (Å²) in [7, 11) is 0. The molecule has 0 N–H and O–H groups in total. The number of carbonyl (C=O) groups is 2. The van der Waals surface area contributed by atoms with Crippen LogP contribution >= 0.6 is 0 Å². The van der Waals surface area contributed by atoms with E-state index in [-0.39, 0.29) is 11.6 Å². The zero-order valence-corrected chi connectivity index (χ0v) is 13.2. The van der Waals surface area contributed by atoms with E-state index in [0.717, 1.165) is 5.56 Å². The highest BCUT2D eigenvalue weighted by atomic mass is 16.1. The van der Waals surface area contributed by atoms with E-state index in [1.54, 1.807) is 19.1 Å². The molecular formula is C19H22O2. The summed E-state index contributed by atoms with van der Waals surface area (Å²) in [6.45, 7) is 15.2. The molecule has 2 nitrogen and oxygen atoms in total. The van der Waals surface area contributed by atoms with Crippen LogP contribution in [-0.2, 0) is 0 Å². The van der Waals surface area contributed by atoms with Crippen molar-refractivity contribution in [2.45, 2.75) is 34.1 Å². The average molecular weight is 282 g/mol. The van der Waals surface area contributed by atoms with Crippen LogP contribution in [0, 0.1) is 6.92 Å². The second-order valence-corrected chi connectivity index (χ2v) is 5.14. The molecule has 0 saturated carbocycles. The molecule has 0 fully saturated rings. The van der Waals surface area contributed by atoms with Crippen LogP contribution in [0.5, 0.6) is 0 Å². The van der Waals surface area contributed by atoms with Gasteiger partial charge in [0.15, 0.2) is 11.6 Å². The third-order valence-corrected chi connectivity index (χ3v) is 3.12. The van der Waals surface area contributed by atoms with Crippen LogP contribution in [0.4, 0.5) is 0 Å². The Balaban J connectivity index is 0.000000677. The number of Topliss-reactive ketones (excluding diaryl/α,β-unsaturated/α-hetero) is 2. The maximum atomic E-state index is 12.4. The fourth-order valence-electron chi connectivity index (χ4n) is 2.28. The Kier molecular flexibility index (Phi) is 5.60. The third-order valence-electron chi connectivity index (χ3n) is 3.12. The lowest BCUT2D eigenvalue weighted by molar-refractivity contribution is 0.0979. The molecule has 1 aliphatic rings. The van der Waals surface area contributed by atoms with Gasteiger partial charge in [0.25, 0.3) is 0 Å². The van der Waals surface area contributed by atoms with Gasteiger partial charge in [-0.05, 0) is 25.0 Å². The van der Waals surface area contributed by atoms with Crippen molar-refractivity contribution in [2.24, 2.45) is 0 Å². The third kappa shape index (κ3) is 3.10. The Labute approximate surface area is 126 Å². The van der Waals surface area contributed by atoms with Gasteiger partial charge in [0.05, 0.1) is 0 Å². The standard InChI is InChI=1S/C16H14O2.C3H8/c1-5-11-13(9(2)3)16(18)12-8-6-7-10(4)14(12)15(11)17;1-3-2/h5-8H,1-2H2,3-4H3;3H2,1-2H3. The summed E-state index contributed by atoms with van der Waals surface area (Å²) < 4.78 is 0. The Bertz CT molecular complexity index is 646. The Morgan fingerprint density at radius 1 is 1.19 bits per heavy atom. The number of fused-ring (bicyclic) bond motifs is 1. The van der Waals surface area contributed by atoms with Crippen LogP contribution in [0.3, 0.4) is 0 Å². The molecule has 110 valence electrons. The smallest absolute Gasteiger partial charge is 0.194 e. The maximum absolute atomic E-state index is 12.4. The van der Waals surface area contributed by atoms with Gasteiger partial charge >= 0.3 is 0 Å². The molecule has 1 aliphatic carbocycles. The number of hydrogen-bond acceptors (Lipinski definition) is 2. The van der Waals surface area contributed by atoms with Gasteiger partial charge in [-0.3, -0.25) is 9.59 Å². The number of hydrogen-bond donors (Lipinski definition) is 0. The molecule has 0 spiro atoms. The Morgan fingerprint density at radius 3 is 2.24 bits per heavy atom. The lowest BCUT2D eigenvalue weighted by Gasteiger charge is -2.20. The molecule has 0 saturated heterocycles. The molecule has 0 bridgehead atoms. The van der Waals surface area contributed by atoms with Gasteiger partial charge in [-0.1, -0.05) is 57.7 Å². The first kappa shape index (κ1) is 16.8. The first-order valence-corrected chi connectivity index (χ1v) is 7.12. The van der Waals surface area contributed by atoms with Crippen molar-refractivity contribution < 1.29 is 9.59 Å². The van der Waals surface area contributed by atoms with Gasteiger partial charge in [0.2, 0.25) is 0 Å². The maximum Gasteiger partial charge on any atom is 0.194 e. The molecule has 1 aromatic rings. The summed E-state index contributed by atoms with van der Waals surface area (Å²) in [5, 5.41) is 0. The van der Waals surface area contributed by atoms with Gasteiger partial charge in [-0.25, -0.2) is 0 Å². The van der Waals surface area contributed by atoms with Crippen molar-refractivity contribution >= 4 is 11.6 Å². The SMILES string of the molecule is C=CC1=C(C(=C)C)C(=O)c2cccc(C)c2C1=O.CCC. The van der Waals surface area contributed by atoms with Crippen molar-refractivity contribution in [3.05, 3.63) is 70.8 Å². The zero-order chi connectivity index (χ0) is 16.2. The largest absolute Gasteiger partial charge is 0.289 e. The van der Waals surface area contributed by atoms with E-state index in [1.807, 2.05) is 13.0 Å². The van der Waals surface area contributed by atoms with Crippen LogP contribution in [0.2, 0.25) is 0 Å². The molecule has 0 heterocycles. The molecule has 0 atom stereocenters. The normalized spacial score (nSPS) is 13.3. The molecule has 0 aliphatic heterocycles. The minimum atomic E-state index is -0.143. The van der Waals surface area contributed by atoms with Crippen LogP contribution in [0.15, 0.2) is 54.2 Å². The molecule has 0 radical (unpaired) electrons. The van der Waals surface area contributed by atoms with Crippen LogP contribution in [-0.4, -0.2) is 11.6 Å². The number of aryl methyl sites for hydroxylation is 1. The molecule has 2 rings (SSSR count). The fraction of sp³-hybridized carbons (Fsp3) is 0.263. The lowest BCUT2D eigenvalue weighted by Crippen LogP contribution is -2.22. The van der Waals surface area contributed by atoms with Crippen LogP contribution in [0.25, 0.3) is 0 Å². The summed E-state index contributed by atoms with van der Waals surface area (Å²) in [5.41, 5.74) is 3.09. The van der Waals surface area contributed by atoms with Crippen LogP contribution in [0.1, 0.15) is 53.5 Å². The molecule has 1 aromatic carbocycles. The van der Waals surface area contributed by atoms with Gasteiger partial charge < -0.3 is 0 Å². The second kappa shape index (κ2) is 6.98. The number of ketones is 2. The fourth-order valence-corrected chi connectivity index (χ4v) is 2.28. The number of rotatable bonds is 2. The van der Waals surface area contributed by atoms with E-state index in [0.29, 0.717) is 27.8 Å². The second-order valence-electron chi connectivity index (χ2n) is 5.14.